The Morgan fingerprint density at radius 3 is 2.69 bits per heavy atom. The minimum absolute atomic E-state index is 0.0649. The van der Waals surface area contributed by atoms with Crippen LogP contribution in [0.5, 0.6) is 0 Å². The predicted octanol–water partition coefficient (Wildman–Crippen LogP) is 1.06. The quantitative estimate of drug-likeness (QED) is 0.714. The van der Waals surface area contributed by atoms with Crippen LogP contribution in [0.25, 0.3) is 0 Å². The average Bonchev–Trinajstić information content (AvgIpc) is 2.28. The largest absolute Gasteiger partial charge is 0.383 e. The summed E-state index contributed by atoms with van der Waals surface area (Å²) >= 11 is 0. The van der Waals surface area contributed by atoms with E-state index in [0.717, 1.165) is 0 Å². The second-order valence-electron chi connectivity index (χ2n) is 4.64. The molecular formula is C12H24N2O2. The van der Waals surface area contributed by atoms with Crippen molar-refractivity contribution in [2.24, 2.45) is 0 Å². The molecule has 1 fully saturated rings. The van der Waals surface area contributed by atoms with Crippen LogP contribution < -0.4 is 10.6 Å². The fraction of sp³-hybridized carbons (Fsp3) is 0.917. The molecule has 0 aromatic carbocycles. The van der Waals surface area contributed by atoms with Crippen LogP contribution in [-0.4, -0.2) is 38.3 Å². The molecule has 1 saturated carbocycles. The van der Waals surface area contributed by atoms with Crippen LogP contribution in [0.4, 0.5) is 0 Å². The van der Waals surface area contributed by atoms with Crippen LogP contribution in [-0.2, 0) is 9.53 Å². The lowest BCUT2D eigenvalue weighted by atomic mass is 9.95. The highest BCUT2D eigenvalue weighted by atomic mass is 16.5. The van der Waals surface area contributed by atoms with Gasteiger partial charge in [-0.1, -0.05) is 19.3 Å². The average molecular weight is 228 g/mol. The summed E-state index contributed by atoms with van der Waals surface area (Å²) in [4.78, 5) is 11.5. The van der Waals surface area contributed by atoms with Gasteiger partial charge in [0.2, 0.25) is 5.91 Å². The molecule has 0 aromatic heterocycles. The molecule has 0 bridgehead atoms. The van der Waals surface area contributed by atoms with Gasteiger partial charge < -0.3 is 15.4 Å². The van der Waals surface area contributed by atoms with Crippen LogP contribution in [0.3, 0.4) is 0 Å². The highest BCUT2D eigenvalue weighted by molar-refractivity contribution is 5.78. The van der Waals surface area contributed by atoms with E-state index in [1.807, 2.05) is 6.92 Å². The van der Waals surface area contributed by atoms with Crippen LogP contribution in [0, 0.1) is 0 Å². The molecule has 1 atom stereocenters. The summed E-state index contributed by atoms with van der Waals surface area (Å²) in [5.74, 6) is 0.0649. The van der Waals surface area contributed by atoms with E-state index in [-0.39, 0.29) is 11.9 Å². The molecule has 4 heteroatoms. The lowest BCUT2D eigenvalue weighted by Gasteiger charge is -2.23. The number of carbonyl (C=O) groups excluding carboxylic acids is 1. The van der Waals surface area contributed by atoms with E-state index >= 15 is 0 Å². The Morgan fingerprint density at radius 2 is 2.06 bits per heavy atom. The number of ether oxygens (including phenoxy) is 1. The third-order valence-electron chi connectivity index (χ3n) is 2.98. The molecule has 0 aliphatic heterocycles. The standard InChI is InChI=1S/C12H24N2O2/c1-10(9-16-2)14-12(15)8-13-11-6-4-3-5-7-11/h10-11,13H,3-9H2,1-2H3,(H,14,15). The van der Waals surface area contributed by atoms with Gasteiger partial charge in [-0.05, 0) is 19.8 Å². The predicted molar refractivity (Wildman–Crippen MR) is 64.4 cm³/mol. The van der Waals surface area contributed by atoms with E-state index in [4.69, 9.17) is 4.74 Å². The first-order chi connectivity index (χ1) is 7.72. The number of nitrogens with one attached hydrogen (secondary N) is 2. The second kappa shape index (κ2) is 7.63. The summed E-state index contributed by atoms with van der Waals surface area (Å²) in [7, 11) is 1.64. The van der Waals surface area contributed by atoms with Crippen molar-refractivity contribution in [2.75, 3.05) is 20.3 Å². The van der Waals surface area contributed by atoms with Gasteiger partial charge in [0.1, 0.15) is 0 Å². The molecule has 1 rings (SSSR count). The summed E-state index contributed by atoms with van der Waals surface area (Å²) < 4.78 is 4.96. The summed E-state index contributed by atoms with van der Waals surface area (Å²) in [5.41, 5.74) is 0. The first-order valence-electron chi connectivity index (χ1n) is 6.24. The summed E-state index contributed by atoms with van der Waals surface area (Å²) in [6.07, 6.45) is 6.34. The van der Waals surface area contributed by atoms with Crippen LogP contribution in [0.15, 0.2) is 0 Å². The Kier molecular flexibility index (Phi) is 6.42. The van der Waals surface area contributed by atoms with Gasteiger partial charge >= 0.3 is 0 Å². The molecule has 0 saturated heterocycles. The van der Waals surface area contributed by atoms with Gasteiger partial charge in [-0.15, -0.1) is 0 Å². The topological polar surface area (TPSA) is 50.4 Å². The van der Waals surface area contributed by atoms with Gasteiger partial charge in [0.05, 0.1) is 13.2 Å². The van der Waals surface area contributed by atoms with Crippen molar-refractivity contribution in [1.82, 2.24) is 10.6 Å². The fourth-order valence-corrected chi connectivity index (χ4v) is 2.16. The fourth-order valence-electron chi connectivity index (χ4n) is 2.16. The Hall–Kier alpha value is -0.610. The molecule has 1 aliphatic carbocycles. The van der Waals surface area contributed by atoms with Gasteiger partial charge in [0.15, 0.2) is 0 Å². The number of carbonyl (C=O) groups is 1. The Labute approximate surface area is 98.1 Å². The first-order valence-corrected chi connectivity index (χ1v) is 6.24. The number of hydrogen-bond acceptors (Lipinski definition) is 3. The Bertz CT molecular complexity index is 203. The molecule has 0 spiro atoms. The van der Waals surface area contributed by atoms with Crippen molar-refractivity contribution in [2.45, 2.75) is 51.1 Å². The lowest BCUT2D eigenvalue weighted by Crippen LogP contribution is -2.44. The molecule has 16 heavy (non-hydrogen) atoms. The van der Waals surface area contributed by atoms with Crippen molar-refractivity contribution >= 4 is 5.91 Å². The zero-order valence-electron chi connectivity index (χ0n) is 10.4. The van der Waals surface area contributed by atoms with Gasteiger partial charge in [0.25, 0.3) is 0 Å². The number of amides is 1. The normalized spacial score (nSPS) is 19.4. The van der Waals surface area contributed by atoms with E-state index < -0.39 is 0 Å². The summed E-state index contributed by atoms with van der Waals surface area (Å²) in [6.45, 7) is 2.94. The summed E-state index contributed by atoms with van der Waals surface area (Å²) in [5, 5.41) is 6.21. The monoisotopic (exact) mass is 228 g/mol. The van der Waals surface area contributed by atoms with E-state index in [0.29, 0.717) is 19.2 Å². The van der Waals surface area contributed by atoms with E-state index in [1.54, 1.807) is 7.11 Å². The summed E-state index contributed by atoms with van der Waals surface area (Å²) in [6, 6.07) is 0.628. The molecule has 0 heterocycles. The molecule has 94 valence electrons. The number of hydrogen-bond donors (Lipinski definition) is 2. The maximum Gasteiger partial charge on any atom is 0.234 e. The first kappa shape index (κ1) is 13.5. The zero-order valence-corrected chi connectivity index (χ0v) is 10.4. The van der Waals surface area contributed by atoms with Crippen LogP contribution >= 0.6 is 0 Å². The third-order valence-corrected chi connectivity index (χ3v) is 2.98. The lowest BCUT2D eigenvalue weighted by molar-refractivity contribution is -0.121. The van der Waals surface area contributed by atoms with Gasteiger partial charge in [-0.3, -0.25) is 4.79 Å². The van der Waals surface area contributed by atoms with Crippen molar-refractivity contribution < 1.29 is 9.53 Å². The van der Waals surface area contributed by atoms with Crippen molar-refractivity contribution in [3.63, 3.8) is 0 Å². The molecule has 2 N–H and O–H groups in total. The molecule has 0 radical (unpaired) electrons. The molecule has 0 aromatic rings. The Morgan fingerprint density at radius 1 is 1.38 bits per heavy atom. The maximum absolute atomic E-state index is 11.5. The van der Waals surface area contributed by atoms with E-state index in [2.05, 4.69) is 10.6 Å². The van der Waals surface area contributed by atoms with Gasteiger partial charge in [0, 0.05) is 19.2 Å². The SMILES string of the molecule is COCC(C)NC(=O)CNC1CCCCC1. The minimum Gasteiger partial charge on any atom is -0.383 e. The molecule has 1 aliphatic rings. The van der Waals surface area contributed by atoms with Gasteiger partial charge in [-0.2, -0.15) is 0 Å². The molecule has 1 unspecified atom stereocenters. The third kappa shape index (κ3) is 5.47. The highest BCUT2D eigenvalue weighted by Gasteiger charge is 2.14. The Balaban J connectivity index is 2.09. The van der Waals surface area contributed by atoms with Crippen LogP contribution in [0.1, 0.15) is 39.0 Å². The van der Waals surface area contributed by atoms with Crippen LogP contribution in [0.2, 0.25) is 0 Å². The van der Waals surface area contributed by atoms with Crippen molar-refractivity contribution in [3.05, 3.63) is 0 Å². The number of methoxy groups -OCH3 is 1. The van der Waals surface area contributed by atoms with E-state index in [9.17, 15) is 4.79 Å². The zero-order chi connectivity index (χ0) is 11.8. The van der Waals surface area contributed by atoms with Crippen molar-refractivity contribution in [3.8, 4) is 0 Å². The molecular weight excluding hydrogens is 204 g/mol. The highest BCUT2D eigenvalue weighted by Crippen LogP contribution is 2.16. The van der Waals surface area contributed by atoms with Crippen molar-refractivity contribution in [1.29, 1.82) is 0 Å². The maximum atomic E-state index is 11.5. The second-order valence-corrected chi connectivity index (χ2v) is 4.64. The number of rotatable bonds is 6. The molecule has 1 amide bonds. The molecule has 4 nitrogen and oxygen atoms in total. The van der Waals surface area contributed by atoms with E-state index in [1.165, 1.54) is 32.1 Å². The smallest absolute Gasteiger partial charge is 0.234 e. The van der Waals surface area contributed by atoms with Gasteiger partial charge in [-0.25, -0.2) is 0 Å². The minimum atomic E-state index is 0.0649.